The number of hydrogen-bond acceptors (Lipinski definition) is 1. The highest BCUT2D eigenvalue weighted by Gasteiger charge is 1.91. The van der Waals surface area contributed by atoms with Crippen LogP contribution >= 0.6 is 0 Å². The molecule has 0 aliphatic carbocycles. The van der Waals surface area contributed by atoms with Gasteiger partial charge in [0.15, 0.2) is 0 Å². The second kappa shape index (κ2) is 3.86. The maximum atomic E-state index is 4.38. The van der Waals surface area contributed by atoms with Gasteiger partial charge in [-0.2, -0.15) is 0 Å². The Balaban J connectivity index is 2.89. The third-order valence-corrected chi connectivity index (χ3v) is 1.67. The van der Waals surface area contributed by atoms with Crippen molar-refractivity contribution in [3.05, 3.63) is 42.5 Å². The van der Waals surface area contributed by atoms with E-state index >= 15 is 0 Å². The minimum atomic E-state index is 0.984. The molecule has 0 aliphatic heterocycles. The number of para-hydroxylation sites is 1. The lowest BCUT2D eigenvalue weighted by Crippen LogP contribution is -1.89. The van der Waals surface area contributed by atoms with Crippen LogP contribution in [0.3, 0.4) is 0 Å². The summed E-state index contributed by atoms with van der Waals surface area (Å²) in [5.41, 5.74) is 2.98. The van der Waals surface area contributed by atoms with Crippen LogP contribution in [-0.2, 0) is 0 Å². The third kappa shape index (κ3) is 2.35. The van der Waals surface area contributed by atoms with Crippen LogP contribution in [-0.4, -0.2) is 5.71 Å². The summed E-state index contributed by atoms with van der Waals surface area (Å²) in [6, 6.07) is 9.89. The van der Waals surface area contributed by atoms with Gasteiger partial charge in [-0.3, -0.25) is 4.99 Å². The molecule has 0 radical (unpaired) electrons. The molecule has 1 nitrogen and oxygen atoms in total. The lowest BCUT2D eigenvalue weighted by Gasteiger charge is -1.97. The van der Waals surface area contributed by atoms with E-state index in [4.69, 9.17) is 0 Å². The summed E-state index contributed by atoms with van der Waals surface area (Å²) in [5.74, 6) is 0. The van der Waals surface area contributed by atoms with Gasteiger partial charge in [0, 0.05) is 5.71 Å². The van der Waals surface area contributed by atoms with E-state index in [1.54, 1.807) is 0 Å². The predicted octanol–water partition coefficient (Wildman–Crippen LogP) is 3.36. The van der Waals surface area contributed by atoms with Gasteiger partial charge in [-0.05, 0) is 31.6 Å². The summed E-state index contributed by atoms with van der Waals surface area (Å²) in [4.78, 5) is 4.38. The van der Waals surface area contributed by atoms with Gasteiger partial charge >= 0.3 is 0 Å². The number of hydrogen-bond donors (Lipinski definition) is 0. The summed E-state index contributed by atoms with van der Waals surface area (Å²) in [5, 5.41) is 0. The van der Waals surface area contributed by atoms with Crippen molar-refractivity contribution >= 4 is 11.4 Å². The first-order valence-electron chi connectivity index (χ1n) is 3.96. The van der Waals surface area contributed by atoms with Crippen molar-refractivity contribution in [1.29, 1.82) is 0 Å². The third-order valence-electron chi connectivity index (χ3n) is 1.67. The highest BCUT2D eigenvalue weighted by Crippen LogP contribution is 2.11. The van der Waals surface area contributed by atoms with Crippen LogP contribution in [0, 0.1) is 0 Å². The molecule has 0 fully saturated rings. The first-order chi connectivity index (χ1) is 5.70. The van der Waals surface area contributed by atoms with Crippen LogP contribution in [0.15, 0.2) is 47.5 Å². The molecule has 62 valence electrons. The fourth-order valence-electron chi connectivity index (χ4n) is 0.792. The van der Waals surface area contributed by atoms with Gasteiger partial charge in [-0.25, -0.2) is 0 Å². The molecule has 1 heteroatoms. The molecule has 12 heavy (non-hydrogen) atoms. The van der Waals surface area contributed by atoms with Crippen molar-refractivity contribution in [1.82, 2.24) is 0 Å². The van der Waals surface area contributed by atoms with Gasteiger partial charge in [0.1, 0.15) is 0 Å². The Morgan fingerprint density at radius 2 is 1.75 bits per heavy atom. The topological polar surface area (TPSA) is 12.4 Å². The Hall–Kier alpha value is -1.37. The smallest absolute Gasteiger partial charge is 0.0632 e. The average molecular weight is 159 g/mol. The Bertz CT molecular complexity index is 296. The second-order valence-electron chi connectivity index (χ2n) is 2.81. The molecule has 0 amide bonds. The Morgan fingerprint density at radius 1 is 1.17 bits per heavy atom. The lowest BCUT2D eigenvalue weighted by molar-refractivity contribution is 1.46. The highest BCUT2D eigenvalue weighted by atomic mass is 14.7. The van der Waals surface area contributed by atoms with Crippen molar-refractivity contribution in [3.8, 4) is 0 Å². The number of rotatable bonds is 2. The zero-order valence-electron chi connectivity index (χ0n) is 7.54. The van der Waals surface area contributed by atoms with E-state index < -0.39 is 0 Å². The molecular weight excluding hydrogens is 146 g/mol. The summed E-state index contributed by atoms with van der Waals surface area (Å²) >= 11 is 0. The molecule has 0 bridgehead atoms. The van der Waals surface area contributed by atoms with Gasteiger partial charge in [-0.1, -0.05) is 24.8 Å². The summed E-state index contributed by atoms with van der Waals surface area (Å²) in [6.45, 7) is 7.75. The molecule has 1 rings (SSSR count). The first kappa shape index (κ1) is 8.72. The van der Waals surface area contributed by atoms with Crippen molar-refractivity contribution < 1.29 is 0 Å². The van der Waals surface area contributed by atoms with Gasteiger partial charge in [0.2, 0.25) is 0 Å². The zero-order valence-corrected chi connectivity index (χ0v) is 7.54. The summed E-state index contributed by atoms with van der Waals surface area (Å²) in [7, 11) is 0. The van der Waals surface area contributed by atoms with E-state index in [1.807, 2.05) is 44.2 Å². The van der Waals surface area contributed by atoms with Gasteiger partial charge in [-0.15, -0.1) is 0 Å². The van der Waals surface area contributed by atoms with E-state index in [1.165, 1.54) is 0 Å². The fourth-order valence-corrected chi connectivity index (χ4v) is 0.792. The quantitative estimate of drug-likeness (QED) is 0.587. The van der Waals surface area contributed by atoms with Gasteiger partial charge in [0.25, 0.3) is 0 Å². The standard InChI is InChI=1S/C11H13N/c1-9(2)10(3)12-11-7-5-4-6-8-11/h4-8H,1H2,2-3H3/b12-10+. The van der Waals surface area contributed by atoms with E-state index in [2.05, 4.69) is 11.6 Å². The van der Waals surface area contributed by atoms with Crippen LogP contribution < -0.4 is 0 Å². The highest BCUT2D eigenvalue weighted by molar-refractivity contribution is 5.98. The van der Waals surface area contributed by atoms with E-state index in [0.29, 0.717) is 0 Å². The molecule has 0 aromatic heterocycles. The van der Waals surface area contributed by atoms with Crippen LogP contribution in [0.2, 0.25) is 0 Å². The Kier molecular flexibility index (Phi) is 2.81. The molecule has 0 saturated carbocycles. The largest absolute Gasteiger partial charge is 0.254 e. The second-order valence-corrected chi connectivity index (χ2v) is 2.81. The first-order valence-corrected chi connectivity index (χ1v) is 3.96. The normalized spacial score (nSPS) is 11.3. The fraction of sp³-hybridized carbons (Fsp3) is 0.182. The van der Waals surface area contributed by atoms with Crippen molar-refractivity contribution in [2.75, 3.05) is 0 Å². The monoisotopic (exact) mass is 159 g/mol. The van der Waals surface area contributed by atoms with Gasteiger partial charge < -0.3 is 0 Å². The van der Waals surface area contributed by atoms with Gasteiger partial charge in [0.05, 0.1) is 5.69 Å². The average Bonchev–Trinajstić information content (AvgIpc) is 2.06. The molecule has 0 aliphatic rings. The molecule has 1 aromatic carbocycles. The van der Waals surface area contributed by atoms with E-state index in [9.17, 15) is 0 Å². The molecule has 0 N–H and O–H groups in total. The molecule has 0 atom stereocenters. The number of nitrogens with zero attached hydrogens (tertiary/aromatic N) is 1. The Morgan fingerprint density at radius 3 is 2.25 bits per heavy atom. The molecule has 0 heterocycles. The zero-order chi connectivity index (χ0) is 8.97. The predicted molar refractivity (Wildman–Crippen MR) is 54.0 cm³/mol. The minimum Gasteiger partial charge on any atom is -0.254 e. The van der Waals surface area contributed by atoms with Crippen molar-refractivity contribution in [2.45, 2.75) is 13.8 Å². The molecule has 0 spiro atoms. The number of aliphatic imine (C=N–C) groups is 1. The SMILES string of the molecule is C=C(C)/C(C)=N/c1ccccc1. The molecular formula is C11H13N. The van der Waals surface area contributed by atoms with E-state index in [-0.39, 0.29) is 0 Å². The van der Waals surface area contributed by atoms with Crippen LogP contribution in [0.25, 0.3) is 0 Å². The lowest BCUT2D eigenvalue weighted by atomic mass is 10.2. The molecule has 0 unspecified atom stereocenters. The molecule has 1 aromatic rings. The van der Waals surface area contributed by atoms with Crippen molar-refractivity contribution in [2.24, 2.45) is 4.99 Å². The number of allylic oxidation sites excluding steroid dienone is 1. The van der Waals surface area contributed by atoms with E-state index in [0.717, 1.165) is 17.0 Å². The van der Waals surface area contributed by atoms with Crippen molar-refractivity contribution in [3.63, 3.8) is 0 Å². The summed E-state index contributed by atoms with van der Waals surface area (Å²) < 4.78 is 0. The number of benzene rings is 1. The maximum absolute atomic E-state index is 4.38. The minimum absolute atomic E-state index is 0.984. The van der Waals surface area contributed by atoms with Crippen LogP contribution in [0.5, 0.6) is 0 Å². The summed E-state index contributed by atoms with van der Waals surface area (Å²) in [6.07, 6.45) is 0. The molecule has 0 saturated heterocycles. The maximum Gasteiger partial charge on any atom is 0.0632 e. The van der Waals surface area contributed by atoms with Crippen LogP contribution in [0.1, 0.15) is 13.8 Å². The Labute approximate surface area is 73.5 Å². The van der Waals surface area contributed by atoms with Crippen LogP contribution in [0.4, 0.5) is 5.69 Å².